The Bertz CT molecular complexity index is 1010. The second-order valence-corrected chi connectivity index (χ2v) is 8.51. The summed E-state index contributed by atoms with van der Waals surface area (Å²) >= 11 is 0. The van der Waals surface area contributed by atoms with Crippen LogP contribution in [0.25, 0.3) is 0 Å². The molecule has 0 bridgehead atoms. The summed E-state index contributed by atoms with van der Waals surface area (Å²) in [4.78, 5) is 26.5. The van der Waals surface area contributed by atoms with E-state index in [-0.39, 0.29) is 24.2 Å². The number of Topliss-reactive ketones (excluding diaryl/α,β-unsaturated/α-hetero) is 1. The summed E-state index contributed by atoms with van der Waals surface area (Å²) in [5.74, 6) is 1.33. The van der Waals surface area contributed by atoms with Crippen LogP contribution in [-0.4, -0.2) is 29.7 Å². The van der Waals surface area contributed by atoms with Crippen LogP contribution in [0.3, 0.4) is 0 Å². The van der Waals surface area contributed by atoms with Gasteiger partial charge in [0, 0.05) is 18.7 Å². The van der Waals surface area contributed by atoms with Crippen LogP contribution in [0.2, 0.25) is 0 Å². The van der Waals surface area contributed by atoms with Gasteiger partial charge in [-0.3, -0.25) is 14.5 Å². The van der Waals surface area contributed by atoms with Crippen molar-refractivity contribution in [2.75, 3.05) is 13.2 Å². The largest absolute Gasteiger partial charge is 0.493 e. The van der Waals surface area contributed by atoms with Crippen molar-refractivity contribution in [1.29, 1.82) is 5.26 Å². The minimum absolute atomic E-state index is 0.128. The van der Waals surface area contributed by atoms with Crippen molar-refractivity contribution in [3.63, 3.8) is 0 Å². The van der Waals surface area contributed by atoms with Gasteiger partial charge in [-0.15, -0.1) is 0 Å². The van der Waals surface area contributed by atoms with E-state index in [2.05, 4.69) is 10.2 Å². The van der Waals surface area contributed by atoms with Crippen LogP contribution in [0.4, 0.5) is 0 Å². The number of benzene rings is 2. The SMILES string of the molecule is C[C@H](NC(=O)CC#N)c1ccc(CN2CC(=O)c3cc(OCC4CC4)ccc3C2)cc1. The van der Waals surface area contributed by atoms with Gasteiger partial charge < -0.3 is 10.1 Å². The van der Waals surface area contributed by atoms with Gasteiger partial charge in [-0.2, -0.15) is 5.26 Å². The van der Waals surface area contributed by atoms with Crippen LogP contribution in [0.1, 0.15) is 59.3 Å². The molecule has 1 amide bonds. The molecule has 2 aromatic carbocycles. The van der Waals surface area contributed by atoms with Gasteiger partial charge >= 0.3 is 0 Å². The molecule has 1 aliphatic heterocycles. The number of hydrogen-bond donors (Lipinski definition) is 1. The summed E-state index contributed by atoms with van der Waals surface area (Å²) in [5, 5.41) is 11.4. The first-order valence-corrected chi connectivity index (χ1v) is 10.8. The number of rotatable bonds is 8. The third-order valence-electron chi connectivity index (χ3n) is 5.83. The molecule has 0 radical (unpaired) electrons. The molecule has 0 aromatic heterocycles. The summed E-state index contributed by atoms with van der Waals surface area (Å²) in [7, 11) is 0. The molecule has 1 aliphatic carbocycles. The summed E-state index contributed by atoms with van der Waals surface area (Å²) in [6.45, 7) is 4.44. The number of carbonyl (C=O) groups is 2. The second kappa shape index (κ2) is 9.32. The third-order valence-corrected chi connectivity index (χ3v) is 5.83. The molecule has 6 heteroatoms. The number of amides is 1. The van der Waals surface area contributed by atoms with E-state index in [4.69, 9.17) is 10.00 Å². The number of nitriles is 1. The zero-order valence-corrected chi connectivity index (χ0v) is 17.8. The fourth-order valence-electron chi connectivity index (χ4n) is 3.86. The quantitative estimate of drug-likeness (QED) is 0.707. The fraction of sp³-hybridized carbons (Fsp3) is 0.400. The monoisotopic (exact) mass is 417 g/mol. The minimum atomic E-state index is -0.273. The third kappa shape index (κ3) is 5.50. The van der Waals surface area contributed by atoms with Gasteiger partial charge in [0.25, 0.3) is 0 Å². The Kier molecular flexibility index (Phi) is 6.34. The summed E-state index contributed by atoms with van der Waals surface area (Å²) in [6.07, 6.45) is 2.35. The molecule has 1 saturated carbocycles. The number of nitrogens with zero attached hydrogens (tertiary/aromatic N) is 2. The van der Waals surface area contributed by atoms with E-state index in [1.165, 1.54) is 12.8 Å². The van der Waals surface area contributed by atoms with Crippen LogP contribution in [0, 0.1) is 17.2 Å². The molecule has 1 atom stereocenters. The minimum Gasteiger partial charge on any atom is -0.493 e. The molecule has 0 unspecified atom stereocenters. The molecule has 2 aliphatic rings. The van der Waals surface area contributed by atoms with E-state index >= 15 is 0 Å². The Balaban J connectivity index is 1.35. The first-order valence-electron chi connectivity index (χ1n) is 10.8. The van der Waals surface area contributed by atoms with Gasteiger partial charge in [-0.25, -0.2) is 0 Å². The first-order chi connectivity index (χ1) is 15.0. The Hall–Kier alpha value is -3.17. The van der Waals surface area contributed by atoms with Crippen LogP contribution in [0.5, 0.6) is 5.75 Å². The first kappa shape index (κ1) is 21.1. The summed E-state index contributed by atoms with van der Waals surface area (Å²) in [6, 6.07) is 15.6. The lowest BCUT2D eigenvalue weighted by atomic mass is 9.97. The molecule has 4 rings (SSSR count). The van der Waals surface area contributed by atoms with E-state index in [0.717, 1.165) is 41.2 Å². The predicted octanol–water partition coefficient (Wildman–Crippen LogP) is 3.76. The van der Waals surface area contributed by atoms with Gasteiger partial charge in [0.15, 0.2) is 5.78 Å². The van der Waals surface area contributed by atoms with Crippen molar-refractivity contribution in [2.24, 2.45) is 5.92 Å². The fourth-order valence-corrected chi connectivity index (χ4v) is 3.86. The van der Waals surface area contributed by atoms with Crippen LogP contribution >= 0.6 is 0 Å². The highest BCUT2D eigenvalue weighted by Gasteiger charge is 2.25. The Labute approximate surface area is 182 Å². The highest BCUT2D eigenvalue weighted by atomic mass is 16.5. The van der Waals surface area contributed by atoms with Crippen molar-refractivity contribution >= 4 is 11.7 Å². The zero-order chi connectivity index (χ0) is 21.8. The van der Waals surface area contributed by atoms with E-state index in [9.17, 15) is 9.59 Å². The molecular weight excluding hydrogens is 390 g/mol. The van der Waals surface area contributed by atoms with E-state index in [1.54, 1.807) is 0 Å². The standard InChI is InChI=1S/C25H27N3O3/c1-17(27-25(30)10-11-26)20-6-4-18(5-7-20)13-28-14-21-8-9-22(31-16-19-2-3-19)12-23(21)24(29)15-28/h4-9,12,17,19H,2-3,10,13-16H2,1H3,(H,27,30)/t17-/m0/s1. The highest BCUT2D eigenvalue weighted by molar-refractivity contribution is 6.00. The average Bonchev–Trinajstić information content (AvgIpc) is 3.58. The van der Waals surface area contributed by atoms with E-state index in [1.807, 2.05) is 55.5 Å². The highest BCUT2D eigenvalue weighted by Crippen LogP contribution is 2.31. The normalized spacial score (nSPS) is 16.8. The molecule has 2 aromatic rings. The number of nitrogens with one attached hydrogen (secondary N) is 1. The molecular formula is C25H27N3O3. The maximum atomic E-state index is 12.7. The maximum absolute atomic E-state index is 12.7. The van der Waals surface area contributed by atoms with Crippen LogP contribution in [-0.2, 0) is 17.9 Å². The molecule has 0 saturated heterocycles. The Morgan fingerprint density at radius 1 is 1.23 bits per heavy atom. The lowest BCUT2D eigenvalue weighted by molar-refractivity contribution is -0.120. The topological polar surface area (TPSA) is 82.4 Å². The van der Waals surface area contributed by atoms with E-state index < -0.39 is 0 Å². The molecule has 1 heterocycles. The summed E-state index contributed by atoms with van der Waals surface area (Å²) < 4.78 is 5.83. The van der Waals surface area contributed by atoms with Crippen LogP contribution in [0.15, 0.2) is 42.5 Å². The summed E-state index contributed by atoms with van der Waals surface area (Å²) in [5.41, 5.74) is 3.91. The zero-order valence-electron chi connectivity index (χ0n) is 17.8. The van der Waals surface area contributed by atoms with E-state index in [0.29, 0.717) is 19.0 Å². The maximum Gasteiger partial charge on any atom is 0.234 e. The van der Waals surface area contributed by atoms with Gasteiger partial charge in [0.2, 0.25) is 5.91 Å². The Morgan fingerprint density at radius 3 is 2.71 bits per heavy atom. The lowest BCUT2D eigenvalue weighted by Gasteiger charge is -2.28. The van der Waals surface area contributed by atoms with Crippen molar-refractivity contribution < 1.29 is 14.3 Å². The van der Waals surface area contributed by atoms with Crippen molar-refractivity contribution in [3.8, 4) is 11.8 Å². The van der Waals surface area contributed by atoms with Crippen molar-refractivity contribution in [2.45, 2.75) is 45.3 Å². The van der Waals surface area contributed by atoms with Gasteiger partial charge in [0.05, 0.1) is 25.3 Å². The van der Waals surface area contributed by atoms with Gasteiger partial charge in [-0.1, -0.05) is 30.3 Å². The number of carbonyl (C=O) groups excluding carboxylic acids is 2. The molecule has 1 fully saturated rings. The molecule has 31 heavy (non-hydrogen) atoms. The average molecular weight is 418 g/mol. The lowest BCUT2D eigenvalue weighted by Crippen LogP contribution is -2.34. The van der Waals surface area contributed by atoms with Crippen molar-refractivity contribution in [1.82, 2.24) is 10.2 Å². The molecule has 1 N–H and O–H groups in total. The number of hydrogen-bond acceptors (Lipinski definition) is 5. The smallest absolute Gasteiger partial charge is 0.234 e. The molecule has 0 spiro atoms. The predicted molar refractivity (Wildman–Crippen MR) is 116 cm³/mol. The number of fused-ring (bicyclic) bond motifs is 1. The van der Waals surface area contributed by atoms with Crippen molar-refractivity contribution in [3.05, 3.63) is 64.7 Å². The van der Waals surface area contributed by atoms with Crippen LogP contribution < -0.4 is 10.1 Å². The molecule has 6 nitrogen and oxygen atoms in total. The number of ether oxygens (including phenoxy) is 1. The molecule has 160 valence electrons. The number of ketones is 1. The second-order valence-electron chi connectivity index (χ2n) is 8.51. The van der Waals surface area contributed by atoms with Gasteiger partial charge in [-0.05, 0) is 54.5 Å². The Morgan fingerprint density at radius 2 is 2.00 bits per heavy atom. The van der Waals surface area contributed by atoms with Gasteiger partial charge in [0.1, 0.15) is 12.2 Å².